The van der Waals surface area contributed by atoms with Crippen molar-refractivity contribution in [2.45, 2.75) is 13.0 Å². The van der Waals surface area contributed by atoms with E-state index >= 15 is 0 Å². The van der Waals surface area contributed by atoms with Crippen molar-refractivity contribution in [3.63, 3.8) is 0 Å². The lowest BCUT2D eigenvalue weighted by Crippen LogP contribution is -2.10. The molecule has 2 aromatic rings. The molecular formula is C14H14F2N2O. The van der Waals surface area contributed by atoms with Crippen LogP contribution in [-0.4, -0.2) is 12.1 Å². The van der Waals surface area contributed by atoms with Crippen LogP contribution in [0.5, 0.6) is 5.88 Å². The Balaban J connectivity index is 2.25. The van der Waals surface area contributed by atoms with Crippen LogP contribution in [0.1, 0.15) is 18.5 Å². The van der Waals surface area contributed by atoms with Crippen molar-refractivity contribution < 1.29 is 13.5 Å². The Morgan fingerprint density at radius 1 is 1.26 bits per heavy atom. The molecule has 1 heterocycles. The minimum Gasteiger partial charge on any atom is -0.480 e. The molecule has 0 spiro atoms. The average molecular weight is 264 g/mol. The molecule has 0 radical (unpaired) electrons. The third kappa shape index (κ3) is 2.99. The lowest BCUT2D eigenvalue weighted by molar-refractivity contribution is 0.399. The maximum atomic E-state index is 13.7. The van der Waals surface area contributed by atoms with Crippen LogP contribution >= 0.6 is 0 Å². The van der Waals surface area contributed by atoms with Gasteiger partial charge in [-0.25, -0.2) is 13.8 Å². The largest absolute Gasteiger partial charge is 0.480 e. The van der Waals surface area contributed by atoms with E-state index in [0.29, 0.717) is 11.6 Å². The molecule has 1 aromatic carbocycles. The van der Waals surface area contributed by atoms with E-state index in [1.54, 1.807) is 25.3 Å². The normalized spacial score (nSPS) is 12.0. The van der Waals surface area contributed by atoms with Crippen LogP contribution in [0.4, 0.5) is 14.5 Å². The van der Waals surface area contributed by atoms with Gasteiger partial charge in [0.25, 0.3) is 0 Å². The molecule has 0 saturated carbocycles. The summed E-state index contributed by atoms with van der Waals surface area (Å²) in [4.78, 5) is 4.03. The molecule has 2 rings (SSSR count). The standard InChI is InChI=1S/C14H14F2N2O/c1-9(11-8-10(15)5-6-12(11)16)18-13-4-3-7-17-14(13)19-2/h3-9,18H,1-2H3. The van der Waals surface area contributed by atoms with Gasteiger partial charge < -0.3 is 10.1 Å². The molecule has 1 N–H and O–H groups in total. The molecule has 0 aliphatic rings. The summed E-state index contributed by atoms with van der Waals surface area (Å²) >= 11 is 0. The van der Waals surface area contributed by atoms with Crippen LogP contribution in [0.15, 0.2) is 36.5 Å². The van der Waals surface area contributed by atoms with Gasteiger partial charge in [-0.15, -0.1) is 0 Å². The number of nitrogens with one attached hydrogen (secondary N) is 1. The zero-order chi connectivity index (χ0) is 13.8. The maximum absolute atomic E-state index is 13.7. The quantitative estimate of drug-likeness (QED) is 0.917. The van der Waals surface area contributed by atoms with E-state index in [9.17, 15) is 8.78 Å². The third-order valence-electron chi connectivity index (χ3n) is 2.76. The van der Waals surface area contributed by atoms with Gasteiger partial charge in [-0.1, -0.05) is 0 Å². The van der Waals surface area contributed by atoms with Crippen LogP contribution in [0, 0.1) is 11.6 Å². The molecular weight excluding hydrogens is 250 g/mol. The fourth-order valence-corrected chi connectivity index (χ4v) is 1.82. The van der Waals surface area contributed by atoms with Gasteiger partial charge in [0.15, 0.2) is 0 Å². The first-order chi connectivity index (χ1) is 9.11. The molecule has 19 heavy (non-hydrogen) atoms. The number of halogens is 2. The molecule has 0 aliphatic heterocycles. The van der Waals surface area contributed by atoms with Crippen molar-refractivity contribution in [3.05, 3.63) is 53.7 Å². The highest BCUT2D eigenvalue weighted by molar-refractivity contribution is 5.53. The number of nitrogens with zero attached hydrogens (tertiary/aromatic N) is 1. The number of anilines is 1. The van der Waals surface area contributed by atoms with Crippen molar-refractivity contribution in [3.8, 4) is 5.88 Å². The number of hydrogen-bond donors (Lipinski definition) is 1. The molecule has 0 saturated heterocycles. The van der Waals surface area contributed by atoms with Crippen molar-refractivity contribution in [2.24, 2.45) is 0 Å². The molecule has 0 fully saturated rings. The molecule has 0 aliphatic carbocycles. The van der Waals surface area contributed by atoms with Crippen LogP contribution < -0.4 is 10.1 Å². The predicted octanol–water partition coefficient (Wildman–Crippen LogP) is 3.54. The number of rotatable bonds is 4. The zero-order valence-corrected chi connectivity index (χ0v) is 10.7. The Labute approximate surface area is 110 Å². The Bertz CT molecular complexity index is 575. The summed E-state index contributed by atoms with van der Waals surface area (Å²) in [5.41, 5.74) is 0.882. The van der Waals surface area contributed by atoms with Gasteiger partial charge in [0.2, 0.25) is 5.88 Å². The number of methoxy groups -OCH3 is 1. The predicted molar refractivity (Wildman–Crippen MR) is 69.2 cm³/mol. The Morgan fingerprint density at radius 3 is 2.79 bits per heavy atom. The topological polar surface area (TPSA) is 34.1 Å². The van der Waals surface area contributed by atoms with E-state index < -0.39 is 17.7 Å². The number of aromatic nitrogens is 1. The Morgan fingerprint density at radius 2 is 2.05 bits per heavy atom. The van der Waals surface area contributed by atoms with E-state index in [1.807, 2.05) is 0 Å². The molecule has 0 bridgehead atoms. The van der Waals surface area contributed by atoms with Crippen LogP contribution in [0.3, 0.4) is 0 Å². The van der Waals surface area contributed by atoms with E-state index in [4.69, 9.17) is 4.74 Å². The van der Waals surface area contributed by atoms with Gasteiger partial charge in [0, 0.05) is 11.8 Å². The number of ether oxygens (including phenoxy) is 1. The Kier molecular flexibility index (Phi) is 3.94. The van der Waals surface area contributed by atoms with E-state index in [0.717, 1.165) is 12.1 Å². The summed E-state index contributed by atoms with van der Waals surface area (Å²) in [5.74, 6) is -0.515. The third-order valence-corrected chi connectivity index (χ3v) is 2.76. The molecule has 3 nitrogen and oxygen atoms in total. The highest BCUT2D eigenvalue weighted by Crippen LogP contribution is 2.27. The van der Waals surface area contributed by atoms with E-state index in [1.165, 1.54) is 13.2 Å². The van der Waals surface area contributed by atoms with Gasteiger partial charge in [0.1, 0.15) is 11.6 Å². The SMILES string of the molecule is COc1ncccc1NC(C)c1cc(F)ccc1F. The Hall–Kier alpha value is -2.17. The van der Waals surface area contributed by atoms with E-state index in [-0.39, 0.29) is 5.56 Å². The first kappa shape index (κ1) is 13.3. The lowest BCUT2D eigenvalue weighted by atomic mass is 10.1. The van der Waals surface area contributed by atoms with Crippen molar-refractivity contribution in [1.29, 1.82) is 0 Å². The van der Waals surface area contributed by atoms with Gasteiger partial charge in [-0.2, -0.15) is 0 Å². The van der Waals surface area contributed by atoms with Crippen molar-refractivity contribution in [2.75, 3.05) is 12.4 Å². The van der Waals surface area contributed by atoms with Crippen LogP contribution in [-0.2, 0) is 0 Å². The summed E-state index contributed by atoms with van der Waals surface area (Å²) < 4.78 is 31.9. The van der Waals surface area contributed by atoms with Crippen molar-refractivity contribution in [1.82, 2.24) is 4.98 Å². The van der Waals surface area contributed by atoms with Crippen LogP contribution in [0.2, 0.25) is 0 Å². The van der Waals surface area contributed by atoms with Gasteiger partial charge in [0.05, 0.1) is 18.8 Å². The fraction of sp³-hybridized carbons (Fsp3) is 0.214. The smallest absolute Gasteiger partial charge is 0.237 e. The molecule has 1 unspecified atom stereocenters. The molecule has 5 heteroatoms. The lowest BCUT2D eigenvalue weighted by Gasteiger charge is -2.17. The fourth-order valence-electron chi connectivity index (χ4n) is 1.82. The second-order valence-corrected chi connectivity index (χ2v) is 4.09. The minimum atomic E-state index is -0.469. The summed E-state index contributed by atoms with van der Waals surface area (Å²) in [6.45, 7) is 1.74. The molecule has 0 amide bonds. The molecule has 1 aromatic heterocycles. The maximum Gasteiger partial charge on any atom is 0.237 e. The first-order valence-electron chi connectivity index (χ1n) is 5.82. The zero-order valence-electron chi connectivity index (χ0n) is 10.7. The summed E-state index contributed by atoms with van der Waals surface area (Å²) in [6, 6.07) is 6.47. The van der Waals surface area contributed by atoms with Crippen molar-refractivity contribution >= 4 is 5.69 Å². The van der Waals surface area contributed by atoms with Gasteiger partial charge in [-0.3, -0.25) is 0 Å². The first-order valence-corrected chi connectivity index (χ1v) is 5.82. The highest BCUT2D eigenvalue weighted by Gasteiger charge is 2.14. The minimum absolute atomic E-state index is 0.255. The monoisotopic (exact) mass is 264 g/mol. The average Bonchev–Trinajstić information content (AvgIpc) is 2.42. The van der Waals surface area contributed by atoms with Gasteiger partial charge in [-0.05, 0) is 37.3 Å². The number of hydrogen-bond acceptors (Lipinski definition) is 3. The van der Waals surface area contributed by atoms with Crippen LogP contribution in [0.25, 0.3) is 0 Å². The molecule has 100 valence electrons. The second kappa shape index (κ2) is 5.65. The summed E-state index contributed by atoms with van der Waals surface area (Å²) in [6.07, 6.45) is 1.59. The highest BCUT2D eigenvalue weighted by atomic mass is 19.1. The number of benzene rings is 1. The number of pyridine rings is 1. The summed E-state index contributed by atoms with van der Waals surface area (Å²) in [5, 5.41) is 3.05. The second-order valence-electron chi connectivity index (χ2n) is 4.09. The molecule has 1 atom stereocenters. The van der Waals surface area contributed by atoms with Gasteiger partial charge >= 0.3 is 0 Å². The summed E-state index contributed by atoms with van der Waals surface area (Å²) in [7, 11) is 1.50. The van der Waals surface area contributed by atoms with E-state index in [2.05, 4.69) is 10.3 Å².